The van der Waals surface area contributed by atoms with Crippen LogP contribution in [-0.2, 0) is 24.8 Å². The molecule has 0 saturated carbocycles. The molecular weight excluding hydrogens is 346 g/mol. The minimum absolute atomic E-state index is 0.430. The molecule has 0 radical (unpaired) electrons. The maximum Gasteiger partial charge on any atom is 0.266 e. The van der Waals surface area contributed by atoms with Gasteiger partial charge in [0.1, 0.15) is 11.6 Å². The van der Waals surface area contributed by atoms with Crippen molar-refractivity contribution in [2.24, 2.45) is 7.05 Å². The van der Waals surface area contributed by atoms with Gasteiger partial charge < -0.3 is 18.7 Å². The summed E-state index contributed by atoms with van der Waals surface area (Å²) >= 11 is 0. The molecule has 0 spiro atoms. The molecule has 0 N–H and O–H groups in total. The molecule has 9 nitrogen and oxygen atoms in total. The molecule has 4 heterocycles. The highest BCUT2D eigenvalue weighted by atomic mass is 16.5. The third-order valence-electron chi connectivity index (χ3n) is 5.53. The number of morpholine rings is 1. The van der Waals surface area contributed by atoms with E-state index in [1.54, 1.807) is 0 Å². The van der Waals surface area contributed by atoms with E-state index in [1.165, 1.54) is 0 Å². The SMILES string of the molecule is CCCc1nc(N2CCC(c3nnc(CN4CCOCC4)n3C)CC2)no1. The Labute approximate surface area is 159 Å². The molecule has 0 bridgehead atoms. The van der Waals surface area contributed by atoms with Crippen LogP contribution in [0.15, 0.2) is 4.52 Å². The van der Waals surface area contributed by atoms with E-state index >= 15 is 0 Å². The Morgan fingerprint density at radius 2 is 1.85 bits per heavy atom. The highest BCUT2D eigenvalue weighted by Gasteiger charge is 2.27. The lowest BCUT2D eigenvalue weighted by Crippen LogP contribution is -2.36. The molecule has 2 aliphatic rings. The molecule has 4 rings (SSSR count). The fraction of sp³-hybridized carbons (Fsp3) is 0.778. The van der Waals surface area contributed by atoms with Crippen LogP contribution in [0.4, 0.5) is 5.95 Å². The Hall–Kier alpha value is -2.00. The number of aromatic nitrogens is 5. The summed E-state index contributed by atoms with van der Waals surface area (Å²) in [5.74, 6) is 4.02. The first-order valence-corrected chi connectivity index (χ1v) is 10.0. The molecule has 27 heavy (non-hydrogen) atoms. The highest BCUT2D eigenvalue weighted by molar-refractivity contribution is 5.29. The van der Waals surface area contributed by atoms with Crippen LogP contribution in [0.1, 0.15) is 49.6 Å². The summed E-state index contributed by atoms with van der Waals surface area (Å²) in [6.45, 7) is 8.33. The third kappa shape index (κ3) is 4.14. The Balaban J connectivity index is 1.35. The van der Waals surface area contributed by atoms with Crippen molar-refractivity contribution in [3.8, 4) is 0 Å². The fourth-order valence-electron chi connectivity index (χ4n) is 3.86. The molecule has 0 aromatic carbocycles. The molecule has 0 unspecified atom stereocenters. The molecule has 2 aromatic heterocycles. The third-order valence-corrected chi connectivity index (χ3v) is 5.53. The van der Waals surface area contributed by atoms with Crippen LogP contribution < -0.4 is 4.90 Å². The number of rotatable bonds is 6. The summed E-state index contributed by atoms with van der Waals surface area (Å²) in [5, 5.41) is 13.1. The van der Waals surface area contributed by atoms with Crippen molar-refractivity contribution in [2.75, 3.05) is 44.3 Å². The second-order valence-electron chi connectivity index (χ2n) is 7.42. The van der Waals surface area contributed by atoms with E-state index < -0.39 is 0 Å². The van der Waals surface area contributed by atoms with E-state index in [1.807, 2.05) is 0 Å². The summed E-state index contributed by atoms with van der Waals surface area (Å²) in [4.78, 5) is 9.10. The topological polar surface area (TPSA) is 85.3 Å². The molecule has 0 amide bonds. The van der Waals surface area contributed by atoms with Gasteiger partial charge in [-0.05, 0) is 24.4 Å². The van der Waals surface area contributed by atoms with Gasteiger partial charge in [0.2, 0.25) is 5.89 Å². The lowest BCUT2D eigenvalue weighted by molar-refractivity contribution is 0.0326. The zero-order chi connectivity index (χ0) is 18.6. The summed E-state index contributed by atoms with van der Waals surface area (Å²) < 4.78 is 12.9. The molecule has 148 valence electrons. The number of ether oxygens (including phenoxy) is 1. The first-order chi connectivity index (χ1) is 13.2. The van der Waals surface area contributed by atoms with Crippen molar-refractivity contribution in [3.63, 3.8) is 0 Å². The molecule has 0 atom stereocenters. The number of aryl methyl sites for hydroxylation is 1. The number of hydrogen-bond acceptors (Lipinski definition) is 8. The van der Waals surface area contributed by atoms with Crippen molar-refractivity contribution >= 4 is 5.95 Å². The van der Waals surface area contributed by atoms with Gasteiger partial charge >= 0.3 is 0 Å². The van der Waals surface area contributed by atoms with Gasteiger partial charge in [0, 0.05) is 45.6 Å². The van der Waals surface area contributed by atoms with Crippen molar-refractivity contribution < 1.29 is 9.26 Å². The normalized spacial score (nSPS) is 19.7. The molecule has 2 aliphatic heterocycles. The van der Waals surface area contributed by atoms with E-state index in [9.17, 15) is 0 Å². The zero-order valence-electron chi connectivity index (χ0n) is 16.3. The van der Waals surface area contributed by atoms with Gasteiger partial charge in [0.05, 0.1) is 19.8 Å². The average Bonchev–Trinajstić information content (AvgIpc) is 3.31. The smallest absolute Gasteiger partial charge is 0.266 e. The Morgan fingerprint density at radius 3 is 2.59 bits per heavy atom. The molecule has 0 aliphatic carbocycles. The zero-order valence-corrected chi connectivity index (χ0v) is 16.3. The van der Waals surface area contributed by atoms with Crippen LogP contribution in [0.3, 0.4) is 0 Å². The second kappa shape index (κ2) is 8.35. The standard InChI is InChI=1S/C18H29N7O2/c1-3-4-16-19-18(22-27-16)25-7-5-14(6-8-25)17-21-20-15(23(17)2)13-24-9-11-26-12-10-24/h14H,3-13H2,1-2H3. The van der Waals surface area contributed by atoms with Crippen molar-refractivity contribution in [1.82, 2.24) is 29.8 Å². The molecule has 2 aromatic rings. The lowest BCUT2D eigenvalue weighted by Gasteiger charge is -2.30. The number of nitrogens with zero attached hydrogens (tertiary/aromatic N) is 7. The minimum Gasteiger partial charge on any atom is -0.379 e. The summed E-state index contributed by atoms with van der Waals surface area (Å²) in [5.41, 5.74) is 0. The quantitative estimate of drug-likeness (QED) is 0.748. The number of piperidine rings is 1. The molecule has 9 heteroatoms. The van der Waals surface area contributed by atoms with Gasteiger partial charge in [-0.2, -0.15) is 4.98 Å². The van der Waals surface area contributed by atoms with E-state index in [0.717, 1.165) is 95.1 Å². The molecular formula is C18H29N7O2. The lowest BCUT2D eigenvalue weighted by atomic mass is 9.96. The minimum atomic E-state index is 0.430. The number of anilines is 1. The van der Waals surface area contributed by atoms with E-state index in [2.05, 4.69) is 48.7 Å². The van der Waals surface area contributed by atoms with Gasteiger partial charge in [-0.1, -0.05) is 6.92 Å². The molecule has 2 fully saturated rings. The van der Waals surface area contributed by atoms with Gasteiger partial charge in [-0.25, -0.2) is 0 Å². The summed E-state index contributed by atoms with van der Waals surface area (Å²) in [6.07, 6.45) is 3.92. The van der Waals surface area contributed by atoms with Gasteiger partial charge in [0.25, 0.3) is 5.95 Å². The highest BCUT2D eigenvalue weighted by Crippen LogP contribution is 2.28. The monoisotopic (exact) mass is 375 g/mol. The first kappa shape index (κ1) is 18.4. The van der Waals surface area contributed by atoms with Crippen molar-refractivity contribution in [3.05, 3.63) is 17.5 Å². The number of hydrogen-bond donors (Lipinski definition) is 0. The van der Waals surface area contributed by atoms with Crippen molar-refractivity contribution in [2.45, 2.75) is 45.1 Å². The van der Waals surface area contributed by atoms with Crippen LogP contribution in [0.25, 0.3) is 0 Å². The summed E-state index contributed by atoms with van der Waals surface area (Å²) in [7, 11) is 2.09. The maximum absolute atomic E-state index is 5.42. The van der Waals surface area contributed by atoms with Crippen LogP contribution in [-0.4, -0.2) is 69.2 Å². The summed E-state index contributed by atoms with van der Waals surface area (Å²) in [6, 6.07) is 0. The van der Waals surface area contributed by atoms with E-state index in [-0.39, 0.29) is 0 Å². The van der Waals surface area contributed by atoms with Crippen LogP contribution >= 0.6 is 0 Å². The molecule has 2 saturated heterocycles. The first-order valence-electron chi connectivity index (χ1n) is 10.0. The maximum atomic E-state index is 5.42. The average molecular weight is 375 g/mol. The van der Waals surface area contributed by atoms with E-state index in [0.29, 0.717) is 5.92 Å². The van der Waals surface area contributed by atoms with Gasteiger partial charge in [0.15, 0.2) is 0 Å². The second-order valence-corrected chi connectivity index (χ2v) is 7.42. The predicted octanol–water partition coefficient (Wildman–Crippen LogP) is 1.37. The Kier molecular flexibility index (Phi) is 5.68. The van der Waals surface area contributed by atoms with Crippen molar-refractivity contribution in [1.29, 1.82) is 0 Å². The van der Waals surface area contributed by atoms with E-state index in [4.69, 9.17) is 9.26 Å². The van der Waals surface area contributed by atoms with Crippen LogP contribution in [0.5, 0.6) is 0 Å². The van der Waals surface area contributed by atoms with Crippen LogP contribution in [0, 0.1) is 0 Å². The Bertz CT molecular complexity index is 730. The Morgan fingerprint density at radius 1 is 1.07 bits per heavy atom. The fourth-order valence-corrected chi connectivity index (χ4v) is 3.86. The van der Waals surface area contributed by atoms with Gasteiger partial charge in [-0.3, -0.25) is 4.90 Å². The van der Waals surface area contributed by atoms with Gasteiger partial charge in [-0.15, -0.1) is 10.2 Å². The predicted molar refractivity (Wildman–Crippen MR) is 99.6 cm³/mol. The largest absolute Gasteiger partial charge is 0.379 e. The van der Waals surface area contributed by atoms with Crippen LogP contribution in [0.2, 0.25) is 0 Å².